The first-order valence-corrected chi connectivity index (χ1v) is 4.59. The lowest BCUT2D eigenvalue weighted by Gasteiger charge is -2.29. The zero-order valence-electron chi connectivity index (χ0n) is 8.51. The molecule has 1 rings (SSSR count). The summed E-state index contributed by atoms with van der Waals surface area (Å²) in [7, 11) is 0. The molecule has 1 heterocycles. The van der Waals surface area contributed by atoms with Crippen LogP contribution in [-0.2, 0) is 14.3 Å². The summed E-state index contributed by atoms with van der Waals surface area (Å²) in [4.78, 5) is 34.2. The second kappa shape index (κ2) is 5.15. The fourth-order valence-corrected chi connectivity index (χ4v) is 1.24. The Morgan fingerprint density at radius 3 is 2.94 bits per heavy atom. The molecule has 0 aromatic carbocycles. The van der Waals surface area contributed by atoms with E-state index in [1.807, 2.05) is 0 Å². The van der Waals surface area contributed by atoms with E-state index in [1.54, 1.807) is 0 Å². The largest absolute Gasteiger partial charge is 0.480 e. The van der Waals surface area contributed by atoms with E-state index in [0.717, 1.165) is 4.90 Å². The summed E-state index contributed by atoms with van der Waals surface area (Å²) < 4.78 is 4.70. The quantitative estimate of drug-likeness (QED) is 0.616. The van der Waals surface area contributed by atoms with Crippen molar-refractivity contribution in [3.63, 3.8) is 0 Å². The lowest BCUT2D eigenvalue weighted by Crippen LogP contribution is -2.58. The number of rotatable bonds is 3. The monoisotopic (exact) mass is 228 g/mol. The number of carbonyl (C=O) groups is 3. The van der Waals surface area contributed by atoms with Crippen LogP contribution in [0.1, 0.15) is 0 Å². The first kappa shape index (κ1) is 12.0. The average Bonchev–Trinajstić information content (AvgIpc) is 2.24. The second-order valence-electron chi connectivity index (χ2n) is 3.20. The normalized spacial score (nSPS) is 19.9. The van der Waals surface area contributed by atoms with Crippen LogP contribution in [0.3, 0.4) is 0 Å². The zero-order chi connectivity index (χ0) is 12.1. The number of carboxylic acid groups (broad SMARTS) is 1. The molecular weight excluding hydrogens is 216 g/mol. The number of hydrogen-bond acceptors (Lipinski definition) is 4. The van der Waals surface area contributed by atoms with Crippen molar-refractivity contribution in [3.05, 3.63) is 12.7 Å². The van der Waals surface area contributed by atoms with E-state index < -0.39 is 24.0 Å². The van der Waals surface area contributed by atoms with Crippen molar-refractivity contribution < 1.29 is 24.2 Å². The summed E-state index contributed by atoms with van der Waals surface area (Å²) in [6.45, 7) is 3.09. The molecule has 0 unspecified atom stereocenters. The topological polar surface area (TPSA) is 95.9 Å². The van der Waals surface area contributed by atoms with Gasteiger partial charge in [-0.15, -0.1) is 0 Å². The molecule has 7 nitrogen and oxygen atoms in total. The van der Waals surface area contributed by atoms with Gasteiger partial charge in [-0.25, -0.2) is 9.59 Å². The summed E-state index contributed by atoms with van der Waals surface area (Å²) in [5.74, 6) is -1.70. The number of carboxylic acids is 1. The Morgan fingerprint density at radius 1 is 1.69 bits per heavy atom. The van der Waals surface area contributed by atoms with Crippen LogP contribution in [0.4, 0.5) is 4.79 Å². The Balaban J connectivity index is 2.59. The number of nitrogens with one attached hydrogen (secondary N) is 1. The molecular formula is C9H12N2O5. The minimum atomic E-state index is -1.19. The molecule has 16 heavy (non-hydrogen) atoms. The third-order valence-electron chi connectivity index (χ3n) is 1.95. The maximum absolute atomic E-state index is 11.4. The van der Waals surface area contributed by atoms with Gasteiger partial charge in [0.25, 0.3) is 0 Å². The van der Waals surface area contributed by atoms with Crippen LogP contribution in [0, 0.1) is 0 Å². The molecule has 2 N–H and O–H groups in total. The van der Waals surface area contributed by atoms with Crippen LogP contribution in [0.5, 0.6) is 0 Å². The summed E-state index contributed by atoms with van der Waals surface area (Å²) in [5, 5.41) is 11.0. The lowest BCUT2D eigenvalue weighted by atomic mass is 10.2. The number of amides is 2. The molecule has 1 aliphatic rings. The van der Waals surface area contributed by atoms with Crippen molar-refractivity contribution in [2.75, 3.05) is 19.7 Å². The Labute approximate surface area is 91.7 Å². The minimum Gasteiger partial charge on any atom is -0.480 e. The summed E-state index contributed by atoms with van der Waals surface area (Å²) >= 11 is 0. The maximum Gasteiger partial charge on any atom is 0.410 e. The first-order valence-electron chi connectivity index (χ1n) is 4.59. The van der Waals surface area contributed by atoms with Crippen molar-refractivity contribution in [3.8, 4) is 0 Å². The highest BCUT2D eigenvalue weighted by Crippen LogP contribution is 2.03. The summed E-state index contributed by atoms with van der Waals surface area (Å²) in [5.41, 5.74) is 0. The van der Waals surface area contributed by atoms with Crippen molar-refractivity contribution in [2.24, 2.45) is 0 Å². The Bertz CT molecular complexity index is 328. The number of ether oxygens (including phenoxy) is 1. The van der Waals surface area contributed by atoms with Gasteiger partial charge in [0.05, 0.1) is 6.54 Å². The second-order valence-corrected chi connectivity index (χ2v) is 3.20. The number of aliphatic carboxylic acids is 1. The van der Waals surface area contributed by atoms with Crippen LogP contribution in [0.2, 0.25) is 0 Å². The van der Waals surface area contributed by atoms with E-state index in [9.17, 15) is 14.4 Å². The highest BCUT2D eigenvalue weighted by molar-refractivity contribution is 5.89. The van der Waals surface area contributed by atoms with Crippen LogP contribution in [-0.4, -0.2) is 53.7 Å². The summed E-state index contributed by atoms with van der Waals surface area (Å²) in [6.07, 6.45) is 0.664. The van der Waals surface area contributed by atoms with Crippen molar-refractivity contribution in [1.82, 2.24) is 10.2 Å². The van der Waals surface area contributed by atoms with Gasteiger partial charge in [0.1, 0.15) is 19.2 Å². The minimum absolute atomic E-state index is 0.0225. The molecule has 0 aromatic heterocycles. The molecule has 1 aliphatic heterocycles. The number of nitrogens with zero attached hydrogens (tertiary/aromatic N) is 1. The van der Waals surface area contributed by atoms with Gasteiger partial charge in [-0.05, 0) is 0 Å². The molecule has 0 aliphatic carbocycles. The van der Waals surface area contributed by atoms with E-state index in [1.165, 1.54) is 6.08 Å². The van der Waals surface area contributed by atoms with Gasteiger partial charge in [0.15, 0.2) is 0 Å². The predicted octanol–water partition coefficient (Wildman–Crippen LogP) is -0.806. The molecule has 0 aromatic rings. The smallest absolute Gasteiger partial charge is 0.410 e. The number of carbonyl (C=O) groups excluding carboxylic acids is 2. The maximum atomic E-state index is 11.4. The van der Waals surface area contributed by atoms with Gasteiger partial charge in [-0.2, -0.15) is 0 Å². The molecule has 0 radical (unpaired) electrons. The van der Waals surface area contributed by atoms with Crippen LogP contribution < -0.4 is 5.32 Å². The van der Waals surface area contributed by atoms with Crippen LogP contribution >= 0.6 is 0 Å². The molecule has 1 fully saturated rings. The Hall–Kier alpha value is -2.05. The Morgan fingerprint density at radius 2 is 2.38 bits per heavy atom. The van der Waals surface area contributed by atoms with Gasteiger partial charge >= 0.3 is 12.1 Å². The third kappa shape index (κ3) is 2.97. The molecule has 88 valence electrons. The highest BCUT2D eigenvalue weighted by Gasteiger charge is 2.32. The van der Waals surface area contributed by atoms with Crippen molar-refractivity contribution in [1.29, 1.82) is 0 Å². The molecule has 1 atom stereocenters. The van der Waals surface area contributed by atoms with Gasteiger partial charge < -0.3 is 15.2 Å². The lowest BCUT2D eigenvalue weighted by molar-refractivity contribution is -0.144. The summed E-state index contributed by atoms with van der Waals surface area (Å²) in [6, 6.07) is -1.09. The third-order valence-corrected chi connectivity index (χ3v) is 1.95. The van der Waals surface area contributed by atoms with E-state index in [-0.39, 0.29) is 19.7 Å². The van der Waals surface area contributed by atoms with Gasteiger partial charge in [-0.3, -0.25) is 9.69 Å². The van der Waals surface area contributed by atoms with E-state index >= 15 is 0 Å². The van der Waals surface area contributed by atoms with Crippen molar-refractivity contribution in [2.45, 2.75) is 6.04 Å². The van der Waals surface area contributed by atoms with Gasteiger partial charge in [0, 0.05) is 0 Å². The number of piperazine rings is 1. The van der Waals surface area contributed by atoms with Crippen LogP contribution in [0.15, 0.2) is 12.7 Å². The molecule has 1 saturated heterocycles. The van der Waals surface area contributed by atoms with E-state index in [4.69, 9.17) is 9.84 Å². The van der Waals surface area contributed by atoms with E-state index in [2.05, 4.69) is 11.9 Å². The predicted molar refractivity (Wildman–Crippen MR) is 52.7 cm³/mol. The Kier molecular flexibility index (Phi) is 3.87. The molecule has 0 saturated carbocycles. The molecule has 0 bridgehead atoms. The molecule has 7 heteroatoms. The highest BCUT2D eigenvalue weighted by atomic mass is 16.6. The average molecular weight is 228 g/mol. The number of hydrogen-bond donors (Lipinski definition) is 2. The van der Waals surface area contributed by atoms with Crippen LogP contribution in [0.25, 0.3) is 0 Å². The SMILES string of the molecule is C=CCOC(=O)N1CC(=O)N[C@H](C(=O)O)C1. The molecule has 0 spiro atoms. The fraction of sp³-hybridized carbons (Fsp3) is 0.444. The van der Waals surface area contributed by atoms with Gasteiger partial charge in [0.2, 0.25) is 5.91 Å². The van der Waals surface area contributed by atoms with Gasteiger partial charge in [-0.1, -0.05) is 12.7 Å². The van der Waals surface area contributed by atoms with Crippen molar-refractivity contribution >= 4 is 18.0 Å². The first-order chi connectivity index (χ1) is 7.54. The zero-order valence-corrected chi connectivity index (χ0v) is 8.51. The molecule has 2 amide bonds. The van der Waals surface area contributed by atoms with E-state index in [0.29, 0.717) is 0 Å². The standard InChI is InChI=1S/C9H12N2O5/c1-2-3-16-9(15)11-4-6(8(13)14)10-7(12)5-11/h2,6H,1,3-5H2,(H,10,12)(H,13,14)/t6-/m0/s1. The fourth-order valence-electron chi connectivity index (χ4n) is 1.24.